The Balaban J connectivity index is 2.80. The van der Waals surface area contributed by atoms with Crippen molar-refractivity contribution in [3.8, 4) is 0 Å². The van der Waals surface area contributed by atoms with Gasteiger partial charge >= 0.3 is 12.2 Å². The van der Waals surface area contributed by atoms with Crippen LogP contribution in [0.5, 0.6) is 0 Å². The summed E-state index contributed by atoms with van der Waals surface area (Å²) in [6.07, 6.45) is -5.07. The van der Waals surface area contributed by atoms with Crippen LogP contribution in [0.1, 0.15) is 5.56 Å². The maximum atomic E-state index is 13.1. The smallest absolute Gasteiger partial charge is 0.379 e. The molecule has 0 heterocycles. The Kier molecular flexibility index (Phi) is 2.98. The number of halogens is 2. The molecule has 0 saturated carbocycles. The fraction of sp³-hybridized carbons (Fsp3) is 0.125. The molecule has 1 amide bonds. The highest BCUT2D eigenvalue weighted by atomic mass is 19.3. The first kappa shape index (κ1) is 10.4. The number of benzene rings is 1. The zero-order valence-corrected chi connectivity index (χ0v) is 7.04. The second kappa shape index (κ2) is 4.01. The van der Waals surface area contributed by atoms with Gasteiger partial charge in [-0.2, -0.15) is 8.78 Å². The number of rotatable bonds is 2. The maximum absolute atomic E-state index is 13.1. The van der Waals surface area contributed by atoms with Gasteiger partial charge in [-0.1, -0.05) is 18.2 Å². The normalized spacial score (nSPS) is 10.8. The number of alkyl halides is 2. The van der Waals surface area contributed by atoms with Crippen molar-refractivity contribution in [2.45, 2.75) is 6.11 Å². The third kappa shape index (κ3) is 2.40. The molecule has 14 heavy (non-hydrogen) atoms. The molecule has 0 radical (unpaired) electrons. The first-order valence-electron chi connectivity index (χ1n) is 3.69. The molecule has 76 valence electrons. The molecule has 3 N–H and O–H groups in total. The average Bonchev–Trinajstić information content (AvgIpc) is 2.18. The van der Waals surface area contributed by atoms with E-state index in [-0.39, 0.29) is 0 Å². The SMILES string of the molecule is NNC(=O)OC(F)(F)c1ccccc1. The molecule has 0 saturated heterocycles. The van der Waals surface area contributed by atoms with Gasteiger partial charge in [-0.05, 0) is 12.1 Å². The van der Waals surface area contributed by atoms with Crippen molar-refractivity contribution in [1.82, 2.24) is 5.43 Å². The zero-order valence-electron chi connectivity index (χ0n) is 7.04. The molecule has 0 spiro atoms. The summed E-state index contributed by atoms with van der Waals surface area (Å²) >= 11 is 0. The lowest BCUT2D eigenvalue weighted by Gasteiger charge is -2.15. The van der Waals surface area contributed by atoms with Gasteiger partial charge in [-0.25, -0.2) is 10.6 Å². The summed E-state index contributed by atoms with van der Waals surface area (Å²) < 4.78 is 29.9. The first-order valence-corrected chi connectivity index (χ1v) is 3.69. The number of carbonyl (C=O) groups is 1. The largest absolute Gasteiger partial charge is 0.429 e. The van der Waals surface area contributed by atoms with Gasteiger partial charge in [0.1, 0.15) is 0 Å². The number of nitrogens with two attached hydrogens (primary N) is 1. The molecule has 6 heteroatoms. The summed E-state index contributed by atoms with van der Waals surface area (Å²) in [5.74, 6) is 4.60. The van der Waals surface area contributed by atoms with Crippen molar-refractivity contribution < 1.29 is 18.3 Å². The maximum Gasteiger partial charge on any atom is 0.429 e. The van der Waals surface area contributed by atoms with Crippen LogP contribution in [0.4, 0.5) is 13.6 Å². The molecule has 0 bridgehead atoms. The van der Waals surface area contributed by atoms with Gasteiger partial charge in [0.25, 0.3) is 0 Å². The summed E-state index contributed by atoms with van der Waals surface area (Å²) in [7, 11) is 0. The van der Waals surface area contributed by atoms with Gasteiger partial charge in [0.2, 0.25) is 0 Å². The number of nitrogens with one attached hydrogen (secondary N) is 1. The van der Waals surface area contributed by atoms with Gasteiger partial charge in [0.05, 0.1) is 5.56 Å². The minimum absolute atomic E-state index is 0.413. The third-order valence-corrected chi connectivity index (χ3v) is 1.45. The quantitative estimate of drug-likeness (QED) is 0.432. The lowest BCUT2D eigenvalue weighted by atomic mass is 10.2. The van der Waals surface area contributed by atoms with E-state index in [2.05, 4.69) is 10.6 Å². The van der Waals surface area contributed by atoms with Crippen molar-refractivity contribution in [2.75, 3.05) is 0 Å². The van der Waals surface area contributed by atoms with Crippen LogP contribution in [0.2, 0.25) is 0 Å². The van der Waals surface area contributed by atoms with Crippen LogP contribution in [0.3, 0.4) is 0 Å². The van der Waals surface area contributed by atoms with Gasteiger partial charge in [-0.15, -0.1) is 0 Å². The van der Waals surface area contributed by atoms with E-state index < -0.39 is 17.8 Å². The molecule has 4 nitrogen and oxygen atoms in total. The molecular formula is C8H8F2N2O2. The topological polar surface area (TPSA) is 64.3 Å². The van der Waals surface area contributed by atoms with E-state index in [9.17, 15) is 13.6 Å². The molecule has 1 aromatic carbocycles. The lowest BCUT2D eigenvalue weighted by Crippen LogP contribution is -2.35. The molecule has 0 unspecified atom stereocenters. The van der Waals surface area contributed by atoms with Crippen molar-refractivity contribution in [3.05, 3.63) is 35.9 Å². The Bertz CT molecular complexity index is 316. The highest BCUT2D eigenvalue weighted by Gasteiger charge is 2.36. The van der Waals surface area contributed by atoms with Crippen LogP contribution in [0.15, 0.2) is 30.3 Å². The van der Waals surface area contributed by atoms with Crippen LogP contribution in [-0.2, 0) is 10.8 Å². The van der Waals surface area contributed by atoms with Gasteiger partial charge < -0.3 is 4.74 Å². The van der Waals surface area contributed by atoms with Crippen LogP contribution < -0.4 is 11.3 Å². The lowest BCUT2D eigenvalue weighted by molar-refractivity contribution is -0.207. The van der Waals surface area contributed by atoms with Crippen LogP contribution in [0.25, 0.3) is 0 Å². The highest BCUT2D eigenvalue weighted by Crippen LogP contribution is 2.28. The summed E-state index contributed by atoms with van der Waals surface area (Å²) in [4.78, 5) is 10.5. The third-order valence-electron chi connectivity index (χ3n) is 1.45. The van der Waals surface area contributed by atoms with Crippen LogP contribution >= 0.6 is 0 Å². The number of hydrazine groups is 1. The monoisotopic (exact) mass is 202 g/mol. The van der Waals surface area contributed by atoms with Crippen molar-refractivity contribution in [2.24, 2.45) is 5.84 Å². The number of ether oxygens (including phenoxy) is 1. The fourth-order valence-corrected chi connectivity index (χ4v) is 0.837. The Hall–Kier alpha value is -1.69. The minimum atomic E-state index is -3.68. The fourth-order valence-electron chi connectivity index (χ4n) is 0.837. The predicted octanol–water partition coefficient (Wildman–Crippen LogP) is 1.34. The Morgan fingerprint density at radius 2 is 1.93 bits per heavy atom. The summed E-state index contributed by atoms with van der Waals surface area (Å²) in [6, 6.07) is 6.68. The first-order chi connectivity index (χ1) is 6.56. The number of carbonyl (C=O) groups excluding carboxylic acids is 1. The Morgan fingerprint density at radius 3 is 2.43 bits per heavy atom. The highest BCUT2D eigenvalue weighted by molar-refractivity contribution is 5.66. The molecule has 0 atom stereocenters. The van der Waals surface area contributed by atoms with E-state index in [0.29, 0.717) is 0 Å². The van der Waals surface area contributed by atoms with Crippen molar-refractivity contribution >= 4 is 6.09 Å². The van der Waals surface area contributed by atoms with Crippen molar-refractivity contribution in [3.63, 3.8) is 0 Å². The van der Waals surface area contributed by atoms with E-state index in [4.69, 9.17) is 0 Å². The van der Waals surface area contributed by atoms with Crippen molar-refractivity contribution in [1.29, 1.82) is 0 Å². The second-order valence-electron chi connectivity index (χ2n) is 2.42. The van der Waals surface area contributed by atoms with E-state index >= 15 is 0 Å². The average molecular weight is 202 g/mol. The number of hydrogen-bond donors (Lipinski definition) is 2. The Labute approximate surface area is 78.6 Å². The van der Waals surface area contributed by atoms with Gasteiger partial charge in [0.15, 0.2) is 0 Å². The molecular weight excluding hydrogens is 194 g/mol. The minimum Gasteiger partial charge on any atom is -0.379 e. The second-order valence-corrected chi connectivity index (χ2v) is 2.42. The molecule has 0 aromatic heterocycles. The summed E-state index contributed by atoms with van der Waals surface area (Å²) in [6.45, 7) is 0. The number of hydrogen-bond acceptors (Lipinski definition) is 3. The van der Waals surface area contributed by atoms with Gasteiger partial charge in [0, 0.05) is 0 Å². The summed E-state index contributed by atoms with van der Waals surface area (Å²) in [5, 5.41) is 0. The van der Waals surface area contributed by atoms with Crippen LogP contribution in [0, 0.1) is 0 Å². The van der Waals surface area contributed by atoms with E-state index in [0.717, 1.165) is 12.1 Å². The number of amides is 1. The molecule has 0 fully saturated rings. The molecule has 0 aliphatic carbocycles. The van der Waals surface area contributed by atoms with Gasteiger partial charge in [-0.3, -0.25) is 5.43 Å². The van der Waals surface area contributed by atoms with E-state index in [1.165, 1.54) is 17.6 Å². The standard InChI is InChI=1S/C8H8F2N2O2/c9-8(10,14-7(13)12-11)6-4-2-1-3-5-6/h1-5H,11H2,(H,12,13). The molecule has 0 aliphatic rings. The van der Waals surface area contributed by atoms with Crippen LogP contribution in [-0.4, -0.2) is 6.09 Å². The molecule has 1 rings (SSSR count). The summed E-state index contributed by atoms with van der Waals surface area (Å²) in [5.41, 5.74) is 1.04. The van der Waals surface area contributed by atoms with E-state index in [1.807, 2.05) is 0 Å². The predicted molar refractivity (Wildman–Crippen MR) is 44.1 cm³/mol. The molecule has 0 aliphatic heterocycles. The van der Waals surface area contributed by atoms with E-state index in [1.54, 1.807) is 6.07 Å². The molecule has 1 aromatic rings. The Morgan fingerprint density at radius 1 is 1.36 bits per heavy atom. The zero-order chi connectivity index (χ0) is 10.6.